The molecule has 2 unspecified atom stereocenters. The molecule has 3 rings (SSSR count). The van der Waals surface area contributed by atoms with E-state index in [0.29, 0.717) is 18.8 Å². The van der Waals surface area contributed by atoms with Gasteiger partial charge in [-0.05, 0) is 50.7 Å². The Labute approximate surface area is 165 Å². The summed E-state index contributed by atoms with van der Waals surface area (Å²) < 4.78 is 5.33. The van der Waals surface area contributed by atoms with Crippen LogP contribution in [-0.2, 0) is 4.79 Å². The van der Waals surface area contributed by atoms with Crippen LogP contribution in [0.25, 0.3) is 0 Å². The molecule has 1 aliphatic rings. The van der Waals surface area contributed by atoms with Crippen molar-refractivity contribution in [3.8, 4) is 0 Å². The minimum absolute atomic E-state index is 0.0504. The monoisotopic (exact) mass is 384 g/mol. The van der Waals surface area contributed by atoms with Crippen LogP contribution in [0.5, 0.6) is 0 Å². The normalized spacial score (nSPS) is 18.5. The first-order chi connectivity index (χ1) is 13.4. The fourth-order valence-corrected chi connectivity index (χ4v) is 3.91. The molecule has 2 heterocycles. The molecule has 0 spiro atoms. The van der Waals surface area contributed by atoms with Crippen LogP contribution in [0.1, 0.15) is 42.8 Å². The maximum atomic E-state index is 13.1. The molecule has 0 bridgehead atoms. The minimum atomic E-state index is -0.218. The van der Waals surface area contributed by atoms with Crippen LogP contribution in [0.15, 0.2) is 41.0 Å². The Balaban J connectivity index is 2.11. The SMILES string of the molecule is CNC(C)C(CN)c1ccc2c(c1)N(C(=O)c1ccco1)C[C@H](C)N2C(C)=O. The van der Waals surface area contributed by atoms with E-state index in [9.17, 15) is 9.59 Å². The van der Waals surface area contributed by atoms with Crippen molar-refractivity contribution < 1.29 is 14.0 Å². The lowest BCUT2D eigenvalue weighted by atomic mass is 9.91. The molecular formula is C21H28N4O3. The molecule has 150 valence electrons. The molecule has 3 N–H and O–H groups in total. The summed E-state index contributed by atoms with van der Waals surface area (Å²) in [6.07, 6.45) is 1.48. The molecule has 7 heteroatoms. The van der Waals surface area contributed by atoms with Crippen molar-refractivity contribution in [3.63, 3.8) is 0 Å². The smallest absolute Gasteiger partial charge is 0.294 e. The van der Waals surface area contributed by atoms with Gasteiger partial charge in [-0.25, -0.2) is 0 Å². The molecule has 3 atom stereocenters. The number of furan rings is 1. The van der Waals surface area contributed by atoms with Gasteiger partial charge in [0.2, 0.25) is 5.91 Å². The quantitative estimate of drug-likeness (QED) is 0.825. The lowest BCUT2D eigenvalue weighted by Gasteiger charge is -2.41. The zero-order chi connectivity index (χ0) is 20.4. The number of nitrogens with one attached hydrogen (secondary N) is 1. The lowest BCUT2D eigenvalue weighted by Crippen LogP contribution is -2.51. The molecule has 2 aromatic rings. The van der Waals surface area contributed by atoms with Crippen molar-refractivity contribution in [3.05, 3.63) is 47.9 Å². The molecule has 2 amide bonds. The van der Waals surface area contributed by atoms with Gasteiger partial charge < -0.3 is 25.3 Å². The van der Waals surface area contributed by atoms with E-state index in [1.54, 1.807) is 28.9 Å². The Morgan fingerprint density at radius 2 is 2.07 bits per heavy atom. The van der Waals surface area contributed by atoms with Crippen LogP contribution in [0.3, 0.4) is 0 Å². The first kappa shape index (κ1) is 20.1. The minimum Gasteiger partial charge on any atom is -0.459 e. The van der Waals surface area contributed by atoms with E-state index in [-0.39, 0.29) is 35.6 Å². The number of hydrogen-bond acceptors (Lipinski definition) is 5. The summed E-state index contributed by atoms with van der Waals surface area (Å²) in [5, 5.41) is 3.24. The average Bonchev–Trinajstić information content (AvgIpc) is 3.21. The molecule has 1 aromatic heterocycles. The Hall–Kier alpha value is -2.64. The number of nitrogens with two attached hydrogens (primary N) is 1. The zero-order valence-electron chi connectivity index (χ0n) is 16.8. The highest BCUT2D eigenvalue weighted by molar-refractivity contribution is 6.09. The maximum Gasteiger partial charge on any atom is 0.294 e. The van der Waals surface area contributed by atoms with Crippen LogP contribution in [-0.4, -0.2) is 44.0 Å². The number of nitrogens with zero attached hydrogens (tertiary/aromatic N) is 2. The Kier molecular flexibility index (Phi) is 5.86. The molecule has 0 saturated heterocycles. The summed E-state index contributed by atoms with van der Waals surface area (Å²) in [6, 6.07) is 9.25. The van der Waals surface area contributed by atoms with E-state index in [1.807, 2.05) is 32.2 Å². The van der Waals surface area contributed by atoms with Gasteiger partial charge >= 0.3 is 0 Å². The second-order valence-corrected chi connectivity index (χ2v) is 7.30. The molecule has 0 aliphatic carbocycles. The van der Waals surface area contributed by atoms with Crippen LogP contribution < -0.4 is 20.9 Å². The largest absolute Gasteiger partial charge is 0.459 e. The summed E-state index contributed by atoms with van der Waals surface area (Å²) in [5.74, 6) is 0.0924. The summed E-state index contributed by atoms with van der Waals surface area (Å²) in [4.78, 5) is 28.8. The van der Waals surface area contributed by atoms with Gasteiger partial charge in [-0.2, -0.15) is 0 Å². The highest BCUT2D eigenvalue weighted by Gasteiger charge is 2.35. The molecule has 0 saturated carbocycles. The van der Waals surface area contributed by atoms with E-state index < -0.39 is 0 Å². The number of hydrogen-bond donors (Lipinski definition) is 2. The van der Waals surface area contributed by atoms with Crippen molar-refractivity contribution in [1.82, 2.24) is 5.32 Å². The van der Waals surface area contributed by atoms with Gasteiger partial charge in [0, 0.05) is 32.0 Å². The van der Waals surface area contributed by atoms with Crippen LogP contribution in [0.4, 0.5) is 11.4 Å². The standard InChI is InChI=1S/C21H28N4O3/c1-13-12-24(21(27)20-6-5-9-28-20)19-10-16(17(11-22)14(2)23-4)7-8-18(19)25(13)15(3)26/h5-10,13-14,17,23H,11-12,22H2,1-4H3/t13-,14?,17?/m0/s1. The average molecular weight is 384 g/mol. The van der Waals surface area contributed by atoms with Crippen LogP contribution >= 0.6 is 0 Å². The third-order valence-corrected chi connectivity index (χ3v) is 5.49. The van der Waals surface area contributed by atoms with E-state index in [0.717, 1.165) is 11.3 Å². The van der Waals surface area contributed by atoms with Crippen molar-refractivity contribution in [2.45, 2.75) is 38.8 Å². The highest BCUT2D eigenvalue weighted by Crippen LogP contribution is 2.39. The summed E-state index contributed by atoms with van der Waals surface area (Å²) >= 11 is 0. The van der Waals surface area contributed by atoms with E-state index in [2.05, 4.69) is 12.2 Å². The Morgan fingerprint density at radius 1 is 1.32 bits per heavy atom. The highest BCUT2D eigenvalue weighted by atomic mass is 16.3. The first-order valence-electron chi connectivity index (χ1n) is 9.55. The van der Waals surface area contributed by atoms with Gasteiger partial charge in [-0.1, -0.05) is 6.07 Å². The fourth-order valence-electron chi connectivity index (χ4n) is 3.91. The molecular weight excluding hydrogens is 356 g/mol. The summed E-state index contributed by atoms with van der Waals surface area (Å²) in [5.41, 5.74) is 8.48. The van der Waals surface area contributed by atoms with Crippen molar-refractivity contribution >= 4 is 23.2 Å². The van der Waals surface area contributed by atoms with E-state index >= 15 is 0 Å². The molecule has 28 heavy (non-hydrogen) atoms. The van der Waals surface area contributed by atoms with Gasteiger partial charge in [0.25, 0.3) is 5.91 Å². The lowest BCUT2D eigenvalue weighted by molar-refractivity contribution is -0.117. The van der Waals surface area contributed by atoms with E-state index in [4.69, 9.17) is 10.2 Å². The number of carbonyl (C=O) groups is 2. The second-order valence-electron chi connectivity index (χ2n) is 7.30. The molecule has 0 radical (unpaired) electrons. The van der Waals surface area contributed by atoms with Gasteiger partial charge in [0.15, 0.2) is 5.76 Å². The predicted molar refractivity (Wildman–Crippen MR) is 110 cm³/mol. The molecule has 0 fully saturated rings. The van der Waals surface area contributed by atoms with Crippen LogP contribution in [0.2, 0.25) is 0 Å². The molecule has 1 aliphatic heterocycles. The number of benzene rings is 1. The number of likely N-dealkylation sites (N-methyl/N-ethyl adjacent to an activating group) is 1. The van der Waals surface area contributed by atoms with E-state index in [1.165, 1.54) is 6.26 Å². The maximum absolute atomic E-state index is 13.1. The van der Waals surface area contributed by atoms with Crippen molar-refractivity contribution in [1.29, 1.82) is 0 Å². The number of fused-ring (bicyclic) bond motifs is 1. The molecule has 7 nitrogen and oxygen atoms in total. The van der Waals surface area contributed by atoms with Crippen molar-refractivity contribution in [2.24, 2.45) is 5.73 Å². The third kappa shape index (κ3) is 3.55. The number of amides is 2. The van der Waals surface area contributed by atoms with Gasteiger partial charge in [-0.15, -0.1) is 0 Å². The number of anilines is 2. The van der Waals surface area contributed by atoms with Crippen molar-refractivity contribution in [2.75, 3.05) is 29.9 Å². The summed E-state index contributed by atoms with van der Waals surface area (Å²) in [7, 11) is 1.90. The van der Waals surface area contributed by atoms with Gasteiger partial charge in [0.1, 0.15) is 0 Å². The predicted octanol–water partition coefficient (Wildman–Crippen LogP) is 2.33. The van der Waals surface area contributed by atoms with Gasteiger partial charge in [-0.3, -0.25) is 9.59 Å². The van der Waals surface area contributed by atoms with Crippen LogP contribution in [0, 0.1) is 0 Å². The first-order valence-corrected chi connectivity index (χ1v) is 9.55. The Morgan fingerprint density at radius 3 is 2.64 bits per heavy atom. The number of rotatable bonds is 5. The fraction of sp³-hybridized carbons (Fsp3) is 0.429. The third-order valence-electron chi connectivity index (χ3n) is 5.49. The second kappa shape index (κ2) is 8.16. The Bertz CT molecular complexity index is 849. The topological polar surface area (TPSA) is 91.8 Å². The number of carbonyl (C=O) groups excluding carboxylic acids is 2. The zero-order valence-corrected chi connectivity index (χ0v) is 16.8. The van der Waals surface area contributed by atoms with Gasteiger partial charge in [0.05, 0.1) is 23.7 Å². The summed E-state index contributed by atoms with van der Waals surface area (Å²) in [6.45, 7) is 6.42. The molecule has 1 aromatic carbocycles.